The standard InChI is InChI=1S/C18H22N4O2/c19-17(20)13-3-7-15(8-4-13)23-11-1-2-12-24-16-9-5-14(6-10-16)18(21)22/h3-10H,1-2,11-12H2,(H3,19,20)(H3,21,22)/p+2. The molecular formula is C18H24N4O2+2. The van der Waals surface area contributed by atoms with Crippen molar-refractivity contribution in [2.45, 2.75) is 12.8 Å². The van der Waals surface area contributed by atoms with Gasteiger partial charge in [0.2, 0.25) is 0 Å². The summed E-state index contributed by atoms with van der Waals surface area (Å²) in [6.07, 6.45) is 1.79. The fourth-order valence-electron chi connectivity index (χ4n) is 2.07. The van der Waals surface area contributed by atoms with Gasteiger partial charge in [-0.1, -0.05) is 0 Å². The molecule has 6 nitrogen and oxygen atoms in total. The zero-order valence-corrected chi connectivity index (χ0v) is 13.6. The number of hydrogen-bond acceptors (Lipinski definition) is 2. The average Bonchev–Trinajstić information content (AvgIpc) is 2.58. The molecule has 2 rings (SSSR count). The van der Waals surface area contributed by atoms with Crippen LogP contribution >= 0.6 is 0 Å². The van der Waals surface area contributed by atoms with E-state index in [0.717, 1.165) is 35.5 Å². The van der Waals surface area contributed by atoms with Crippen molar-refractivity contribution < 1.29 is 20.3 Å². The summed E-state index contributed by atoms with van der Waals surface area (Å²) in [6, 6.07) is 14.8. The van der Waals surface area contributed by atoms with Gasteiger partial charge in [0.05, 0.1) is 24.3 Å². The number of nitrogens with two attached hydrogens (primary N) is 4. The lowest BCUT2D eigenvalue weighted by Crippen LogP contribution is -2.46. The quantitative estimate of drug-likeness (QED) is 0.264. The maximum absolute atomic E-state index is 5.66. The first kappa shape index (κ1) is 17.3. The molecule has 0 spiro atoms. The van der Waals surface area contributed by atoms with Gasteiger partial charge in [-0.25, -0.2) is 0 Å². The summed E-state index contributed by atoms with van der Waals surface area (Å²) in [5.74, 6) is 2.21. The van der Waals surface area contributed by atoms with Crippen LogP contribution < -0.4 is 31.8 Å². The van der Waals surface area contributed by atoms with Gasteiger partial charge >= 0.3 is 0 Å². The van der Waals surface area contributed by atoms with Crippen molar-refractivity contribution in [1.29, 1.82) is 0 Å². The van der Waals surface area contributed by atoms with Gasteiger partial charge in [-0.05, 0) is 61.4 Å². The third-order valence-electron chi connectivity index (χ3n) is 3.45. The second-order valence-corrected chi connectivity index (χ2v) is 5.36. The van der Waals surface area contributed by atoms with E-state index >= 15 is 0 Å². The zero-order valence-electron chi connectivity index (χ0n) is 13.6. The predicted octanol–water partition coefficient (Wildman–Crippen LogP) is -1.15. The summed E-state index contributed by atoms with van der Waals surface area (Å²) in [7, 11) is 0. The highest BCUT2D eigenvalue weighted by Gasteiger charge is 2.02. The Morgan fingerprint density at radius 1 is 0.667 bits per heavy atom. The van der Waals surface area contributed by atoms with Crippen molar-refractivity contribution in [2.75, 3.05) is 13.2 Å². The smallest absolute Gasteiger partial charge is 0.270 e. The molecule has 0 aliphatic carbocycles. The van der Waals surface area contributed by atoms with Crippen LogP contribution in [0, 0.1) is 0 Å². The molecule has 0 bridgehead atoms. The molecule has 0 aromatic heterocycles. The van der Waals surface area contributed by atoms with Crippen LogP contribution in [0.25, 0.3) is 0 Å². The number of benzene rings is 2. The Hall–Kier alpha value is -3.02. The molecule has 0 saturated carbocycles. The zero-order chi connectivity index (χ0) is 17.4. The van der Waals surface area contributed by atoms with Gasteiger partial charge in [-0.15, -0.1) is 0 Å². The van der Waals surface area contributed by atoms with E-state index in [9.17, 15) is 0 Å². The van der Waals surface area contributed by atoms with Crippen molar-refractivity contribution in [2.24, 2.45) is 11.5 Å². The molecule has 6 heteroatoms. The maximum atomic E-state index is 5.66. The first-order chi connectivity index (χ1) is 11.6. The minimum absolute atomic E-state index is 0.304. The normalized spacial score (nSPS) is 10.2. The SMILES string of the molecule is NC(=[NH2+])c1ccc(OCCCCOc2ccc(C(N)=[NH2+])cc2)cc1. The molecular weight excluding hydrogens is 304 g/mol. The Bertz CT molecular complexity index is 620. The molecule has 0 amide bonds. The maximum Gasteiger partial charge on any atom is 0.270 e. The number of hydrogen-bond donors (Lipinski definition) is 4. The van der Waals surface area contributed by atoms with Gasteiger partial charge in [0.25, 0.3) is 11.7 Å². The molecule has 0 radical (unpaired) electrons. The molecule has 0 unspecified atom stereocenters. The second kappa shape index (κ2) is 8.57. The largest absolute Gasteiger partial charge is 0.494 e. The fourth-order valence-corrected chi connectivity index (χ4v) is 2.07. The monoisotopic (exact) mass is 328 g/mol. The summed E-state index contributed by atoms with van der Waals surface area (Å²) in [5.41, 5.74) is 12.6. The minimum atomic E-state index is 0.304. The Balaban J connectivity index is 1.62. The lowest BCUT2D eigenvalue weighted by atomic mass is 10.2. The van der Waals surface area contributed by atoms with E-state index in [0.29, 0.717) is 24.9 Å². The van der Waals surface area contributed by atoms with E-state index in [1.807, 2.05) is 48.5 Å². The molecule has 8 N–H and O–H groups in total. The van der Waals surface area contributed by atoms with E-state index in [1.54, 1.807) is 0 Å². The third-order valence-corrected chi connectivity index (χ3v) is 3.45. The van der Waals surface area contributed by atoms with Crippen LogP contribution in [-0.2, 0) is 0 Å². The van der Waals surface area contributed by atoms with E-state index in [-0.39, 0.29) is 0 Å². The van der Waals surface area contributed by atoms with Crippen molar-refractivity contribution in [3.63, 3.8) is 0 Å². The van der Waals surface area contributed by atoms with E-state index in [1.165, 1.54) is 0 Å². The number of amidine groups is 2. The van der Waals surface area contributed by atoms with Crippen LogP contribution in [-0.4, -0.2) is 24.9 Å². The molecule has 126 valence electrons. The number of unbranched alkanes of at least 4 members (excludes halogenated alkanes) is 1. The van der Waals surface area contributed by atoms with Gasteiger partial charge in [-0.3, -0.25) is 22.3 Å². The van der Waals surface area contributed by atoms with E-state index in [2.05, 4.69) is 0 Å². The molecule has 2 aromatic carbocycles. The third kappa shape index (κ3) is 5.31. The minimum Gasteiger partial charge on any atom is -0.494 e. The molecule has 2 aromatic rings. The Morgan fingerprint density at radius 3 is 1.29 bits per heavy atom. The lowest BCUT2D eigenvalue weighted by Gasteiger charge is -2.08. The average molecular weight is 328 g/mol. The van der Waals surface area contributed by atoms with Crippen LogP contribution in [0.5, 0.6) is 11.5 Å². The Kier molecular flexibility index (Phi) is 6.19. The summed E-state index contributed by atoms with van der Waals surface area (Å²) in [6.45, 7) is 1.25. The molecule has 24 heavy (non-hydrogen) atoms. The molecule has 0 atom stereocenters. The summed E-state index contributed by atoms with van der Waals surface area (Å²) in [5, 5.41) is 11.0. The van der Waals surface area contributed by atoms with Gasteiger partial charge < -0.3 is 9.47 Å². The van der Waals surface area contributed by atoms with Gasteiger partial charge in [0.15, 0.2) is 0 Å². The van der Waals surface area contributed by atoms with Crippen LogP contribution in [0.2, 0.25) is 0 Å². The number of ether oxygens (including phenoxy) is 2. The highest BCUT2D eigenvalue weighted by molar-refractivity contribution is 5.93. The van der Waals surface area contributed by atoms with Crippen LogP contribution in [0.4, 0.5) is 0 Å². The highest BCUT2D eigenvalue weighted by Crippen LogP contribution is 2.13. The molecule has 0 aliphatic heterocycles. The van der Waals surface area contributed by atoms with E-state index in [4.69, 9.17) is 31.8 Å². The molecule has 0 aliphatic rings. The van der Waals surface area contributed by atoms with Crippen molar-refractivity contribution in [1.82, 2.24) is 0 Å². The first-order valence-corrected chi connectivity index (χ1v) is 7.78. The Morgan fingerprint density at radius 2 is 1.00 bits per heavy atom. The number of rotatable bonds is 9. The van der Waals surface area contributed by atoms with Crippen molar-refractivity contribution in [3.05, 3.63) is 59.7 Å². The van der Waals surface area contributed by atoms with E-state index < -0.39 is 0 Å². The lowest BCUT2D eigenvalue weighted by molar-refractivity contribution is -0.115. The van der Waals surface area contributed by atoms with Crippen molar-refractivity contribution in [3.8, 4) is 11.5 Å². The molecule has 0 heterocycles. The topological polar surface area (TPSA) is 122 Å². The summed E-state index contributed by atoms with van der Waals surface area (Å²) >= 11 is 0. The highest BCUT2D eigenvalue weighted by atomic mass is 16.5. The van der Waals surface area contributed by atoms with Crippen LogP contribution in [0.15, 0.2) is 48.5 Å². The Labute approximate surface area is 141 Å². The van der Waals surface area contributed by atoms with Crippen molar-refractivity contribution >= 4 is 11.7 Å². The summed E-state index contributed by atoms with van der Waals surface area (Å²) in [4.78, 5) is 0. The second-order valence-electron chi connectivity index (χ2n) is 5.36. The van der Waals surface area contributed by atoms with Gasteiger partial charge in [0, 0.05) is 0 Å². The summed E-state index contributed by atoms with van der Waals surface area (Å²) < 4.78 is 11.3. The predicted molar refractivity (Wildman–Crippen MR) is 93.6 cm³/mol. The van der Waals surface area contributed by atoms with Gasteiger partial charge in [-0.2, -0.15) is 0 Å². The van der Waals surface area contributed by atoms with Crippen LogP contribution in [0.1, 0.15) is 24.0 Å². The first-order valence-electron chi connectivity index (χ1n) is 7.78. The van der Waals surface area contributed by atoms with Crippen LogP contribution in [0.3, 0.4) is 0 Å². The van der Waals surface area contributed by atoms with Gasteiger partial charge in [0.1, 0.15) is 11.5 Å². The molecule has 0 saturated heterocycles. The fraction of sp³-hybridized carbons (Fsp3) is 0.222. The molecule has 0 fully saturated rings.